The maximum absolute atomic E-state index is 14.3. The molecule has 1 spiro atoms. The topological polar surface area (TPSA) is 113 Å². The van der Waals surface area contributed by atoms with Gasteiger partial charge in [0, 0.05) is 87.2 Å². The van der Waals surface area contributed by atoms with Gasteiger partial charge in [-0.05, 0) is 91.5 Å². The van der Waals surface area contributed by atoms with E-state index in [-0.39, 0.29) is 46.9 Å². The highest BCUT2D eigenvalue weighted by atomic mass is 19.1. The molecule has 4 aliphatic rings. The predicted molar refractivity (Wildman–Crippen MR) is 198 cm³/mol. The fraction of sp³-hybridized carbons (Fsp3) is 0.575. The van der Waals surface area contributed by atoms with Crippen molar-refractivity contribution < 1.29 is 28.2 Å². The van der Waals surface area contributed by atoms with Crippen molar-refractivity contribution in [1.82, 2.24) is 29.7 Å². The minimum Gasteiger partial charge on any atom is -0.490 e. The van der Waals surface area contributed by atoms with Crippen molar-refractivity contribution in [2.75, 3.05) is 44.2 Å². The summed E-state index contributed by atoms with van der Waals surface area (Å²) in [5.41, 5.74) is 2.08. The highest BCUT2D eigenvalue weighted by molar-refractivity contribution is 5.97. The van der Waals surface area contributed by atoms with Gasteiger partial charge in [0.1, 0.15) is 35.3 Å². The van der Waals surface area contributed by atoms with Crippen LogP contribution in [0.25, 0.3) is 0 Å². The van der Waals surface area contributed by atoms with Crippen LogP contribution in [0.5, 0.6) is 17.2 Å². The summed E-state index contributed by atoms with van der Waals surface area (Å²) in [6.45, 7) is 17.0. The van der Waals surface area contributed by atoms with E-state index in [0.29, 0.717) is 18.1 Å². The average Bonchev–Trinajstić information content (AvgIpc) is 3.05. The molecule has 1 aliphatic carbocycles. The standard InChI is InChI=1S/C40H52FN7O5/c1-7-47(26(2)3)37(49)30-18-27(41)8-9-33(30)52-35-21-42-25-44-36(35)46-23-40(24-46)19-29(20-40)51-34-10-14-43-32-13-16-45(22-31(32)34)15-11-28-12-17-48(28)38(50)53-39(4,5)6/h8-10,14,18,21,25-26,28-29H,7,11-13,15-17,19-20,22-24H2,1-6H3/t28-/m1/s1. The number of carbonyl (C=O) groups is 2. The number of nitrogens with zero attached hydrogens (tertiary/aromatic N) is 7. The summed E-state index contributed by atoms with van der Waals surface area (Å²) in [5, 5.41) is 0. The second kappa shape index (κ2) is 14.7. The van der Waals surface area contributed by atoms with Gasteiger partial charge in [-0.3, -0.25) is 14.7 Å². The third kappa shape index (κ3) is 7.90. The Labute approximate surface area is 311 Å². The summed E-state index contributed by atoms with van der Waals surface area (Å²) in [6, 6.07) is 6.18. The Hall–Kier alpha value is -4.52. The summed E-state index contributed by atoms with van der Waals surface area (Å²) in [6.07, 6.45) is 9.53. The first-order valence-electron chi connectivity index (χ1n) is 19.0. The number of carbonyl (C=O) groups excluding carboxylic acids is 2. The van der Waals surface area contributed by atoms with E-state index in [0.717, 1.165) is 82.8 Å². The van der Waals surface area contributed by atoms with Crippen LogP contribution in [0.1, 0.15) is 88.8 Å². The van der Waals surface area contributed by atoms with Crippen molar-refractivity contribution in [3.8, 4) is 17.2 Å². The average molecular weight is 730 g/mol. The van der Waals surface area contributed by atoms with Gasteiger partial charge in [0.2, 0.25) is 0 Å². The van der Waals surface area contributed by atoms with E-state index in [9.17, 15) is 14.0 Å². The number of likely N-dealkylation sites (tertiary alicyclic amines) is 1. The molecule has 0 N–H and O–H groups in total. The molecule has 0 radical (unpaired) electrons. The van der Waals surface area contributed by atoms with Gasteiger partial charge in [0.15, 0.2) is 11.6 Å². The van der Waals surface area contributed by atoms with Gasteiger partial charge in [-0.1, -0.05) is 0 Å². The van der Waals surface area contributed by atoms with Crippen LogP contribution in [-0.2, 0) is 17.7 Å². The van der Waals surface area contributed by atoms with Gasteiger partial charge in [0.05, 0.1) is 11.8 Å². The Morgan fingerprint density at radius 3 is 2.57 bits per heavy atom. The Bertz CT molecular complexity index is 1820. The molecule has 284 valence electrons. The van der Waals surface area contributed by atoms with Crippen LogP contribution in [0.4, 0.5) is 15.0 Å². The Morgan fingerprint density at radius 2 is 1.87 bits per heavy atom. The summed E-state index contributed by atoms with van der Waals surface area (Å²) in [4.78, 5) is 47.6. The van der Waals surface area contributed by atoms with Crippen molar-refractivity contribution in [3.05, 3.63) is 65.6 Å². The van der Waals surface area contributed by atoms with Crippen LogP contribution >= 0.6 is 0 Å². The third-order valence-electron chi connectivity index (χ3n) is 10.9. The van der Waals surface area contributed by atoms with Crippen LogP contribution in [0.3, 0.4) is 0 Å². The normalized spacial score (nSPS) is 19.6. The van der Waals surface area contributed by atoms with E-state index in [2.05, 4.69) is 24.8 Å². The number of anilines is 1. The molecule has 12 nitrogen and oxygen atoms in total. The number of rotatable bonds is 11. The second-order valence-electron chi connectivity index (χ2n) is 16.3. The lowest BCUT2D eigenvalue weighted by Gasteiger charge is -2.59. The Kier molecular flexibility index (Phi) is 10.2. The molecule has 1 saturated carbocycles. The molecule has 2 aromatic heterocycles. The van der Waals surface area contributed by atoms with Crippen LogP contribution in [0.2, 0.25) is 0 Å². The Balaban J connectivity index is 0.935. The minimum absolute atomic E-state index is 0.0486. The van der Waals surface area contributed by atoms with Gasteiger partial charge in [-0.15, -0.1) is 0 Å². The molecule has 3 fully saturated rings. The Morgan fingerprint density at radius 1 is 1.08 bits per heavy atom. The monoisotopic (exact) mass is 729 g/mol. The zero-order valence-electron chi connectivity index (χ0n) is 31.8. The van der Waals surface area contributed by atoms with Crippen LogP contribution in [0, 0.1) is 11.2 Å². The molecule has 53 heavy (non-hydrogen) atoms. The molecule has 3 aliphatic heterocycles. The largest absolute Gasteiger partial charge is 0.490 e. The molecule has 13 heteroatoms. The lowest BCUT2D eigenvalue weighted by molar-refractivity contribution is -0.0353. The second-order valence-corrected chi connectivity index (χ2v) is 16.3. The van der Waals surface area contributed by atoms with Gasteiger partial charge in [-0.2, -0.15) is 0 Å². The van der Waals surface area contributed by atoms with Gasteiger partial charge in [0.25, 0.3) is 5.91 Å². The molecule has 0 unspecified atom stereocenters. The quantitative estimate of drug-likeness (QED) is 0.217. The fourth-order valence-corrected chi connectivity index (χ4v) is 8.14. The first kappa shape index (κ1) is 36.8. The fourth-order valence-electron chi connectivity index (χ4n) is 8.14. The number of ether oxygens (including phenoxy) is 3. The van der Waals surface area contributed by atoms with Gasteiger partial charge in [-0.25, -0.2) is 19.2 Å². The van der Waals surface area contributed by atoms with Crippen molar-refractivity contribution in [3.63, 3.8) is 0 Å². The van der Waals surface area contributed by atoms with E-state index >= 15 is 0 Å². The van der Waals surface area contributed by atoms with Crippen molar-refractivity contribution >= 4 is 17.8 Å². The number of halogens is 1. The molecular formula is C40H52FN7O5. The highest BCUT2D eigenvalue weighted by Crippen LogP contribution is 2.52. The highest BCUT2D eigenvalue weighted by Gasteiger charge is 2.54. The molecule has 3 aromatic rings. The van der Waals surface area contributed by atoms with Gasteiger partial charge >= 0.3 is 6.09 Å². The van der Waals surface area contributed by atoms with E-state index in [1.165, 1.54) is 30.1 Å². The lowest BCUT2D eigenvalue weighted by Crippen LogP contribution is -2.65. The molecule has 1 aromatic carbocycles. The number of aromatic nitrogens is 3. The van der Waals surface area contributed by atoms with E-state index in [1.54, 1.807) is 11.1 Å². The molecular weight excluding hydrogens is 677 g/mol. The number of amides is 2. The predicted octanol–water partition coefficient (Wildman–Crippen LogP) is 6.48. The van der Waals surface area contributed by atoms with Crippen molar-refractivity contribution in [1.29, 1.82) is 0 Å². The summed E-state index contributed by atoms with van der Waals surface area (Å²) in [5.74, 6) is 1.47. The summed E-state index contributed by atoms with van der Waals surface area (Å²) in [7, 11) is 0. The number of benzene rings is 1. The molecule has 2 saturated heterocycles. The number of hydrogen-bond acceptors (Lipinski definition) is 10. The molecule has 0 bridgehead atoms. The smallest absolute Gasteiger partial charge is 0.410 e. The summed E-state index contributed by atoms with van der Waals surface area (Å²) < 4.78 is 32.9. The lowest BCUT2D eigenvalue weighted by atomic mass is 9.61. The molecule has 5 heterocycles. The van der Waals surface area contributed by atoms with Crippen LogP contribution in [-0.4, -0.2) is 105 Å². The minimum atomic E-state index is -0.502. The SMILES string of the molecule is CCN(C(=O)c1cc(F)ccc1Oc1cncnc1N1CC2(CC(Oc3ccnc4c3CN(CC[C@@H]3CCN3C(=O)OC(C)(C)C)CC4)C2)C1)C(C)C. The van der Waals surface area contributed by atoms with Crippen molar-refractivity contribution in [2.24, 2.45) is 5.41 Å². The maximum atomic E-state index is 14.3. The number of pyridine rings is 1. The zero-order chi connectivity index (χ0) is 37.5. The first-order valence-corrected chi connectivity index (χ1v) is 19.0. The van der Waals surface area contributed by atoms with Gasteiger partial charge < -0.3 is 28.9 Å². The summed E-state index contributed by atoms with van der Waals surface area (Å²) >= 11 is 0. The van der Waals surface area contributed by atoms with E-state index in [4.69, 9.17) is 14.2 Å². The molecule has 7 rings (SSSR count). The van der Waals surface area contributed by atoms with E-state index < -0.39 is 11.4 Å². The number of fused-ring (bicyclic) bond motifs is 1. The number of hydrogen-bond donors (Lipinski definition) is 0. The van der Waals surface area contributed by atoms with Crippen LogP contribution in [0.15, 0.2) is 43.0 Å². The van der Waals surface area contributed by atoms with E-state index in [1.807, 2.05) is 58.7 Å². The van der Waals surface area contributed by atoms with Crippen molar-refractivity contribution in [2.45, 2.75) is 104 Å². The zero-order valence-corrected chi connectivity index (χ0v) is 31.8. The molecule has 2 amide bonds. The third-order valence-corrected chi connectivity index (χ3v) is 10.9. The molecule has 1 atom stereocenters. The first-order chi connectivity index (χ1) is 25.3. The maximum Gasteiger partial charge on any atom is 0.410 e. The van der Waals surface area contributed by atoms with Crippen LogP contribution < -0.4 is 14.4 Å².